The lowest BCUT2D eigenvalue weighted by molar-refractivity contribution is -0.0634. The van der Waals surface area contributed by atoms with Crippen molar-refractivity contribution in [3.8, 4) is 0 Å². The van der Waals surface area contributed by atoms with Crippen LogP contribution in [0, 0.1) is 13.1 Å². The van der Waals surface area contributed by atoms with Crippen LogP contribution >= 0.6 is 0 Å². The first-order valence-electron chi connectivity index (χ1n) is 11.6. The molecule has 0 aliphatic carbocycles. The normalized spacial score (nSPS) is 27.0. The summed E-state index contributed by atoms with van der Waals surface area (Å²) in [7, 11) is 0. The molecule has 0 aromatic heterocycles. The van der Waals surface area contributed by atoms with Gasteiger partial charge >= 0.3 is 0 Å². The summed E-state index contributed by atoms with van der Waals surface area (Å²) in [5.74, 6) is 0. The van der Waals surface area contributed by atoms with Gasteiger partial charge in [0.25, 0.3) is 0 Å². The first kappa shape index (κ1) is 24.1. The molecule has 28 heavy (non-hydrogen) atoms. The summed E-state index contributed by atoms with van der Waals surface area (Å²) in [5.41, 5.74) is 8.19. The maximum atomic E-state index is 3.64. The molecule has 2 aliphatic rings. The van der Waals surface area contributed by atoms with E-state index in [1.165, 1.54) is 51.4 Å². The molecule has 4 heteroatoms. The number of hydrogen-bond donors (Lipinski definition) is 2. The fraction of sp³-hybridized carbons (Fsp3) is 0.917. The SMILES string of the molecule is CC1(C)CCCC(C)(C)N1N[CH]CCCC[CH]NN1C(C)(C)CCCC1(C)C. The van der Waals surface area contributed by atoms with Crippen molar-refractivity contribution < 1.29 is 0 Å². The van der Waals surface area contributed by atoms with Gasteiger partial charge in [0.05, 0.1) is 0 Å². The van der Waals surface area contributed by atoms with E-state index in [0.717, 1.165) is 12.8 Å². The molecule has 2 aliphatic heterocycles. The minimum absolute atomic E-state index is 0.226. The highest BCUT2D eigenvalue weighted by Crippen LogP contribution is 2.37. The Bertz CT molecular complexity index is 405. The third kappa shape index (κ3) is 6.17. The van der Waals surface area contributed by atoms with E-state index in [-0.39, 0.29) is 22.2 Å². The molecule has 2 N–H and O–H groups in total. The smallest absolute Gasteiger partial charge is 0.0382 e. The van der Waals surface area contributed by atoms with Crippen molar-refractivity contribution in [2.45, 2.75) is 142 Å². The van der Waals surface area contributed by atoms with Crippen LogP contribution in [0.4, 0.5) is 0 Å². The number of nitrogens with one attached hydrogen (secondary N) is 2. The summed E-state index contributed by atoms with van der Waals surface area (Å²) in [4.78, 5) is 0. The molecule has 2 heterocycles. The Morgan fingerprint density at radius 2 is 0.857 bits per heavy atom. The van der Waals surface area contributed by atoms with Crippen LogP contribution in [-0.2, 0) is 0 Å². The zero-order valence-electron chi connectivity index (χ0n) is 20.1. The van der Waals surface area contributed by atoms with Crippen LogP contribution in [0.5, 0.6) is 0 Å². The van der Waals surface area contributed by atoms with Gasteiger partial charge in [-0.1, -0.05) is 12.8 Å². The van der Waals surface area contributed by atoms with Gasteiger partial charge in [0.1, 0.15) is 0 Å². The molecule has 0 bridgehead atoms. The zero-order valence-corrected chi connectivity index (χ0v) is 20.1. The van der Waals surface area contributed by atoms with E-state index >= 15 is 0 Å². The molecule has 2 rings (SSSR count). The van der Waals surface area contributed by atoms with E-state index in [1.54, 1.807) is 0 Å². The number of piperidine rings is 2. The Morgan fingerprint density at radius 1 is 0.571 bits per heavy atom. The zero-order chi connectivity index (χ0) is 21.1. The van der Waals surface area contributed by atoms with E-state index in [1.807, 2.05) is 0 Å². The van der Waals surface area contributed by atoms with Crippen molar-refractivity contribution in [2.75, 3.05) is 0 Å². The molecule has 164 valence electrons. The minimum atomic E-state index is 0.226. The lowest BCUT2D eigenvalue weighted by Crippen LogP contribution is -2.63. The van der Waals surface area contributed by atoms with E-state index in [4.69, 9.17) is 0 Å². The second-order valence-electron chi connectivity index (χ2n) is 11.6. The molecule has 0 aromatic rings. The molecule has 0 unspecified atom stereocenters. The summed E-state index contributed by atoms with van der Waals surface area (Å²) in [6.45, 7) is 23.4. The third-order valence-electron chi connectivity index (χ3n) is 6.96. The summed E-state index contributed by atoms with van der Waals surface area (Å²) in [6, 6.07) is 0. The van der Waals surface area contributed by atoms with Crippen molar-refractivity contribution in [2.24, 2.45) is 0 Å². The summed E-state index contributed by atoms with van der Waals surface area (Å²) in [5, 5.41) is 4.97. The molecule has 0 atom stereocenters. The van der Waals surface area contributed by atoms with E-state index in [0.29, 0.717) is 0 Å². The molecule has 4 nitrogen and oxygen atoms in total. The first-order chi connectivity index (χ1) is 12.9. The maximum Gasteiger partial charge on any atom is 0.0382 e. The summed E-state index contributed by atoms with van der Waals surface area (Å²) >= 11 is 0. The summed E-state index contributed by atoms with van der Waals surface area (Å²) in [6.07, 6.45) is 12.4. The van der Waals surface area contributed by atoms with Crippen molar-refractivity contribution in [1.82, 2.24) is 20.9 Å². The molecule has 0 saturated carbocycles. The first-order valence-corrected chi connectivity index (χ1v) is 11.6. The fourth-order valence-electron chi connectivity index (χ4n) is 5.50. The number of nitrogens with zero attached hydrogens (tertiary/aromatic N) is 2. The quantitative estimate of drug-likeness (QED) is 0.474. The molecule has 0 aromatic carbocycles. The van der Waals surface area contributed by atoms with Gasteiger partial charge in [0.2, 0.25) is 0 Å². The Hall–Kier alpha value is -0.160. The molecular formula is C24H48N4. The molecular weight excluding hydrogens is 344 g/mol. The monoisotopic (exact) mass is 392 g/mol. The van der Waals surface area contributed by atoms with Gasteiger partial charge in [0.15, 0.2) is 0 Å². The largest absolute Gasteiger partial charge is 0.249 e. The highest BCUT2D eigenvalue weighted by atomic mass is 15.6. The standard InChI is InChI=1S/C24H48N4/c1-21(2)15-13-16-22(3,4)27(21)25-19-11-9-10-12-20-26-28-23(5,6)17-14-18-24(28,7)8/h19-20,25-26H,9-18H2,1-8H3. The van der Waals surface area contributed by atoms with Crippen molar-refractivity contribution in [3.05, 3.63) is 13.1 Å². The average Bonchev–Trinajstić information content (AvgIpc) is 2.52. The predicted octanol–water partition coefficient (Wildman–Crippen LogP) is 5.97. The van der Waals surface area contributed by atoms with Crippen LogP contribution in [0.15, 0.2) is 0 Å². The summed E-state index contributed by atoms with van der Waals surface area (Å²) < 4.78 is 0. The van der Waals surface area contributed by atoms with E-state index in [9.17, 15) is 0 Å². The van der Waals surface area contributed by atoms with Crippen LogP contribution in [0.2, 0.25) is 0 Å². The second kappa shape index (κ2) is 9.32. The van der Waals surface area contributed by atoms with Crippen molar-refractivity contribution in [1.29, 1.82) is 0 Å². The maximum absolute atomic E-state index is 3.64. The topological polar surface area (TPSA) is 30.5 Å². The number of hydrogen-bond acceptors (Lipinski definition) is 4. The Kier molecular flexibility index (Phi) is 8.03. The average molecular weight is 393 g/mol. The predicted molar refractivity (Wildman–Crippen MR) is 121 cm³/mol. The molecule has 2 fully saturated rings. The molecule has 2 saturated heterocycles. The number of unbranched alkanes of at least 4 members (excludes halogenated alkanes) is 3. The minimum Gasteiger partial charge on any atom is -0.249 e. The van der Waals surface area contributed by atoms with Gasteiger partial charge < -0.3 is 0 Å². The Morgan fingerprint density at radius 3 is 1.14 bits per heavy atom. The van der Waals surface area contributed by atoms with Crippen molar-refractivity contribution in [3.63, 3.8) is 0 Å². The van der Waals surface area contributed by atoms with E-state index < -0.39 is 0 Å². The molecule has 2 radical (unpaired) electrons. The van der Waals surface area contributed by atoms with E-state index in [2.05, 4.69) is 89.3 Å². The van der Waals surface area contributed by atoms with Crippen LogP contribution in [0.3, 0.4) is 0 Å². The Balaban J connectivity index is 1.62. The third-order valence-corrected chi connectivity index (χ3v) is 6.96. The highest BCUT2D eigenvalue weighted by Gasteiger charge is 2.42. The fourth-order valence-corrected chi connectivity index (χ4v) is 5.50. The van der Waals surface area contributed by atoms with Gasteiger partial charge in [-0.05, 0) is 107 Å². The van der Waals surface area contributed by atoms with Crippen LogP contribution in [0.1, 0.15) is 120 Å². The Labute approximate surface area is 176 Å². The van der Waals surface area contributed by atoms with Gasteiger partial charge in [-0.25, -0.2) is 20.9 Å². The molecule has 0 amide bonds. The highest BCUT2D eigenvalue weighted by molar-refractivity contribution is 4.96. The second-order valence-corrected chi connectivity index (χ2v) is 11.6. The number of hydrazine groups is 2. The van der Waals surface area contributed by atoms with Crippen LogP contribution in [-0.4, -0.2) is 32.2 Å². The van der Waals surface area contributed by atoms with Gasteiger partial charge in [-0.3, -0.25) is 0 Å². The van der Waals surface area contributed by atoms with Crippen molar-refractivity contribution >= 4 is 0 Å². The van der Waals surface area contributed by atoms with Gasteiger partial charge in [-0.15, -0.1) is 0 Å². The van der Waals surface area contributed by atoms with Crippen LogP contribution < -0.4 is 10.9 Å². The number of rotatable bonds is 9. The lowest BCUT2D eigenvalue weighted by atomic mass is 9.81. The van der Waals surface area contributed by atoms with Gasteiger partial charge in [0, 0.05) is 35.2 Å². The molecule has 0 spiro atoms. The van der Waals surface area contributed by atoms with Crippen LogP contribution in [0.25, 0.3) is 0 Å². The van der Waals surface area contributed by atoms with Gasteiger partial charge in [-0.2, -0.15) is 0 Å². The lowest BCUT2D eigenvalue weighted by Gasteiger charge is -2.52.